The van der Waals surface area contributed by atoms with Crippen molar-refractivity contribution in [3.8, 4) is 0 Å². The Bertz CT molecular complexity index is 473. The SMILES string of the molecule is Cc1cc(C(=O)N2CCC(OCCBr)CC2)c(C)nn1. The molecule has 6 heteroatoms. The van der Waals surface area contributed by atoms with Crippen molar-refractivity contribution >= 4 is 21.8 Å². The minimum absolute atomic E-state index is 0.0550. The topological polar surface area (TPSA) is 55.3 Å². The maximum atomic E-state index is 12.5. The van der Waals surface area contributed by atoms with E-state index in [9.17, 15) is 4.79 Å². The van der Waals surface area contributed by atoms with Crippen LogP contribution in [-0.2, 0) is 4.74 Å². The fraction of sp³-hybridized carbons (Fsp3) is 0.643. The van der Waals surface area contributed by atoms with E-state index in [2.05, 4.69) is 26.1 Å². The maximum absolute atomic E-state index is 12.5. The summed E-state index contributed by atoms with van der Waals surface area (Å²) >= 11 is 3.35. The monoisotopic (exact) mass is 341 g/mol. The van der Waals surface area contributed by atoms with Crippen molar-refractivity contribution in [2.45, 2.75) is 32.8 Å². The molecular formula is C14H20BrN3O2. The molecule has 0 unspecified atom stereocenters. The second-order valence-corrected chi connectivity index (χ2v) is 5.83. The predicted octanol–water partition coefficient (Wildman–Crippen LogP) is 2.11. The van der Waals surface area contributed by atoms with Gasteiger partial charge in [-0.2, -0.15) is 10.2 Å². The van der Waals surface area contributed by atoms with E-state index in [-0.39, 0.29) is 12.0 Å². The van der Waals surface area contributed by atoms with E-state index >= 15 is 0 Å². The van der Waals surface area contributed by atoms with Crippen LogP contribution in [0.5, 0.6) is 0 Å². The third kappa shape index (κ3) is 3.76. The van der Waals surface area contributed by atoms with Gasteiger partial charge in [0.1, 0.15) is 0 Å². The second-order valence-electron chi connectivity index (χ2n) is 5.04. The van der Waals surface area contributed by atoms with Gasteiger partial charge in [-0.1, -0.05) is 15.9 Å². The lowest BCUT2D eigenvalue weighted by Crippen LogP contribution is -2.41. The summed E-state index contributed by atoms with van der Waals surface area (Å²) in [6, 6.07) is 1.82. The molecule has 1 saturated heterocycles. The van der Waals surface area contributed by atoms with E-state index in [0.717, 1.165) is 43.6 Å². The zero-order valence-electron chi connectivity index (χ0n) is 11.9. The molecular weight excluding hydrogens is 322 g/mol. The Morgan fingerprint density at radius 1 is 1.40 bits per heavy atom. The number of rotatable bonds is 4. The number of likely N-dealkylation sites (tertiary alicyclic amines) is 1. The highest BCUT2D eigenvalue weighted by Crippen LogP contribution is 2.17. The predicted molar refractivity (Wildman–Crippen MR) is 80.2 cm³/mol. The highest BCUT2D eigenvalue weighted by atomic mass is 79.9. The third-order valence-corrected chi connectivity index (χ3v) is 3.81. The second kappa shape index (κ2) is 7.13. The highest BCUT2D eigenvalue weighted by Gasteiger charge is 2.25. The molecule has 0 atom stereocenters. The molecule has 2 rings (SSSR count). The minimum Gasteiger partial charge on any atom is -0.377 e. The first-order valence-corrected chi connectivity index (χ1v) is 8.01. The number of hydrogen-bond acceptors (Lipinski definition) is 4. The van der Waals surface area contributed by atoms with Crippen LogP contribution in [0.2, 0.25) is 0 Å². The standard InChI is InChI=1S/C14H20BrN3O2/c1-10-9-13(11(2)17-16-10)14(19)18-6-3-12(4-7-18)20-8-5-15/h9,12H,3-8H2,1-2H3. The Hall–Kier alpha value is -1.01. The molecule has 0 aromatic carbocycles. The van der Waals surface area contributed by atoms with Crippen molar-refractivity contribution in [3.05, 3.63) is 23.0 Å². The maximum Gasteiger partial charge on any atom is 0.255 e. The molecule has 20 heavy (non-hydrogen) atoms. The van der Waals surface area contributed by atoms with Gasteiger partial charge < -0.3 is 9.64 Å². The summed E-state index contributed by atoms with van der Waals surface area (Å²) in [4.78, 5) is 14.4. The van der Waals surface area contributed by atoms with E-state index in [4.69, 9.17) is 4.74 Å². The average molecular weight is 342 g/mol. The Morgan fingerprint density at radius 2 is 2.10 bits per heavy atom. The van der Waals surface area contributed by atoms with Crippen LogP contribution in [-0.4, -0.2) is 52.1 Å². The molecule has 1 fully saturated rings. The summed E-state index contributed by atoms with van der Waals surface area (Å²) in [5.74, 6) is 0.0550. The smallest absolute Gasteiger partial charge is 0.255 e. The molecule has 5 nitrogen and oxygen atoms in total. The van der Waals surface area contributed by atoms with Gasteiger partial charge in [-0.05, 0) is 32.8 Å². The van der Waals surface area contributed by atoms with E-state index in [0.29, 0.717) is 11.3 Å². The fourth-order valence-corrected chi connectivity index (χ4v) is 2.56. The van der Waals surface area contributed by atoms with Crippen molar-refractivity contribution in [1.82, 2.24) is 15.1 Å². The molecule has 0 spiro atoms. The van der Waals surface area contributed by atoms with Crippen molar-refractivity contribution in [3.63, 3.8) is 0 Å². The molecule has 1 aromatic rings. The Balaban J connectivity index is 1.96. The molecule has 1 aliphatic heterocycles. The number of ether oxygens (including phenoxy) is 1. The fourth-order valence-electron chi connectivity index (χ4n) is 2.37. The number of carbonyl (C=O) groups is 1. The van der Waals surface area contributed by atoms with Crippen molar-refractivity contribution in [2.24, 2.45) is 0 Å². The molecule has 1 amide bonds. The summed E-state index contributed by atoms with van der Waals surface area (Å²) in [6.45, 7) is 5.89. The molecule has 0 N–H and O–H groups in total. The Kier molecular flexibility index (Phi) is 5.48. The summed E-state index contributed by atoms with van der Waals surface area (Å²) in [5.41, 5.74) is 2.13. The van der Waals surface area contributed by atoms with Crippen molar-refractivity contribution in [1.29, 1.82) is 0 Å². The third-order valence-electron chi connectivity index (χ3n) is 3.49. The zero-order chi connectivity index (χ0) is 14.5. The lowest BCUT2D eigenvalue weighted by Gasteiger charge is -2.32. The van der Waals surface area contributed by atoms with Gasteiger partial charge >= 0.3 is 0 Å². The van der Waals surface area contributed by atoms with E-state index in [1.807, 2.05) is 24.8 Å². The number of aromatic nitrogens is 2. The van der Waals surface area contributed by atoms with E-state index < -0.39 is 0 Å². The van der Waals surface area contributed by atoms with Gasteiger partial charge in [-0.25, -0.2) is 0 Å². The lowest BCUT2D eigenvalue weighted by atomic mass is 10.1. The van der Waals surface area contributed by atoms with E-state index in [1.165, 1.54) is 0 Å². The zero-order valence-corrected chi connectivity index (χ0v) is 13.5. The highest BCUT2D eigenvalue weighted by molar-refractivity contribution is 9.09. The van der Waals surface area contributed by atoms with Gasteiger partial charge in [0.05, 0.1) is 29.7 Å². The molecule has 1 aliphatic rings. The largest absolute Gasteiger partial charge is 0.377 e. The van der Waals surface area contributed by atoms with Gasteiger partial charge in [0.2, 0.25) is 0 Å². The molecule has 1 aromatic heterocycles. The van der Waals surface area contributed by atoms with Crippen LogP contribution >= 0.6 is 15.9 Å². The summed E-state index contributed by atoms with van der Waals surface area (Å²) < 4.78 is 5.70. The number of halogens is 1. The van der Waals surface area contributed by atoms with Crippen LogP contribution in [0.4, 0.5) is 0 Å². The number of aryl methyl sites for hydroxylation is 2. The first kappa shape index (κ1) is 15.4. The van der Waals surface area contributed by atoms with Crippen LogP contribution in [0.3, 0.4) is 0 Å². The summed E-state index contributed by atoms with van der Waals surface area (Å²) in [7, 11) is 0. The van der Waals surface area contributed by atoms with Crippen LogP contribution in [0.25, 0.3) is 0 Å². The molecule has 0 radical (unpaired) electrons. The summed E-state index contributed by atoms with van der Waals surface area (Å²) in [6.07, 6.45) is 2.07. The number of hydrogen-bond donors (Lipinski definition) is 0. The van der Waals surface area contributed by atoms with E-state index in [1.54, 1.807) is 0 Å². The van der Waals surface area contributed by atoms with Gasteiger partial charge in [-0.3, -0.25) is 4.79 Å². The number of carbonyl (C=O) groups excluding carboxylic acids is 1. The molecule has 2 heterocycles. The molecule has 0 bridgehead atoms. The van der Waals surface area contributed by atoms with Crippen molar-refractivity contribution in [2.75, 3.05) is 25.0 Å². The number of amides is 1. The van der Waals surface area contributed by atoms with Gasteiger partial charge in [-0.15, -0.1) is 0 Å². The molecule has 0 aliphatic carbocycles. The quantitative estimate of drug-likeness (QED) is 0.787. The van der Waals surface area contributed by atoms with Gasteiger partial charge in [0.25, 0.3) is 5.91 Å². The summed E-state index contributed by atoms with van der Waals surface area (Å²) in [5, 5.41) is 8.84. The normalized spacial score (nSPS) is 16.4. The van der Waals surface area contributed by atoms with Crippen LogP contribution < -0.4 is 0 Å². The van der Waals surface area contributed by atoms with Crippen LogP contribution in [0.15, 0.2) is 6.07 Å². The molecule has 0 saturated carbocycles. The van der Waals surface area contributed by atoms with Crippen LogP contribution in [0.1, 0.15) is 34.6 Å². The van der Waals surface area contributed by atoms with Gasteiger partial charge in [0.15, 0.2) is 0 Å². The van der Waals surface area contributed by atoms with Crippen LogP contribution in [0, 0.1) is 13.8 Å². The first-order chi connectivity index (χ1) is 9.61. The lowest BCUT2D eigenvalue weighted by molar-refractivity contribution is 0.0159. The Morgan fingerprint density at radius 3 is 2.75 bits per heavy atom. The average Bonchev–Trinajstić information content (AvgIpc) is 2.47. The number of piperidine rings is 1. The minimum atomic E-state index is 0.0550. The number of nitrogens with zero attached hydrogens (tertiary/aromatic N) is 3. The Labute approximate surface area is 127 Å². The first-order valence-electron chi connectivity index (χ1n) is 6.89. The molecule has 110 valence electrons. The van der Waals surface area contributed by atoms with Gasteiger partial charge in [0, 0.05) is 18.4 Å². The number of alkyl halides is 1. The van der Waals surface area contributed by atoms with Crippen molar-refractivity contribution < 1.29 is 9.53 Å².